The minimum absolute atomic E-state index is 0.0238. The summed E-state index contributed by atoms with van der Waals surface area (Å²) in [6.07, 6.45) is 0.918. The minimum atomic E-state index is -3.42. The summed E-state index contributed by atoms with van der Waals surface area (Å²) in [4.78, 5) is 0. The first-order valence-electron chi connectivity index (χ1n) is 7.21. The Labute approximate surface area is 135 Å². The van der Waals surface area contributed by atoms with Crippen molar-refractivity contribution >= 4 is 26.0 Å². The maximum Gasteiger partial charge on any atom is 0.218 e. The summed E-state index contributed by atoms with van der Waals surface area (Å²) in [5.41, 5.74) is 0.757. The lowest BCUT2D eigenvalue weighted by Crippen LogP contribution is -2.50. The smallest absolute Gasteiger partial charge is 0.218 e. The van der Waals surface area contributed by atoms with Gasteiger partial charge in [-0.3, -0.25) is 0 Å². The molecule has 1 aromatic carbocycles. The van der Waals surface area contributed by atoms with E-state index in [2.05, 4.69) is 22.9 Å². The van der Waals surface area contributed by atoms with Crippen molar-refractivity contribution in [3.05, 3.63) is 34.3 Å². The van der Waals surface area contributed by atoms with Gasteiger partial charge in [-0.15, -0.1) is 0 Å². The zero-order valence-corrected chi connectivity index (χ0v) is 14.8. The van der Waals surface area contributed by atoms with Crippen molar-refractivity contribution in [1.82, 2.24) is 4.31 Å². The molecule has 1 fully saturated rings. The van der Waals surface area contributed by atoms with Crippen LogP contribution in [0.25, 0.3) is 0 Å². The third-order valence-corrected chi connectivity index (χ3v) is 6.37. The Morgan fingerprint density at radius 1 is 1.48 bits per heavy atom. The maximum absolute atomic E-state index is 12.7. The number of hydrogen-bond donors (Lipinski definition) is 1. The van der Waals surface area contributed by atoms with Crippen molar-refractivity contribution in [3.8, 4) is 0 Å². The molecule has 0 saturated carbocycles. The Bertz CT molecular complexity index is 588. The van der Waals surface area contributed by atoms with Gasteiger partial charge in [-0.1, -0.05) is 35.0 Å². The Kier molecular flexibility index (Phi) is 5.46. The summed E-state index contributed by atoms with van der Waals surface area (Å²) in [6.45, 7) is 4.27. The molecule has 6 heteroatoms. The lowest BCUT2D eigenvalue weighted by molar-refractivity contribution is 0.0675. The minimum Gasteiger partial charge on any atom is -0.392 e. The molecule has 0 spiro atoms. The van der Waals surface area contributed by atoms with Crippen LogP contribution in [0.15, 0.2) is 28.7 Å². The van der Waals surface area contributed by atoms with Crippen LogP contribution in [-0.4, -0.2) is 36.5 Å². The number of hydrogen-bond acceptors (Lipinski definition) is 3. The molecule has 0 amide bonds. The standard InChI is InChI=1S/C15H22BrNO3S/c1-11-6-7-17(15(8-11)12(2)18)21(19,20)10-13-4-3-5-14(16)9-13/h3-5,9,11-12,15,18H,6-8,10H2,1-2H3. The molecular weight excluding hydrogens is 354 g/mol. The largest absolute Gasteiger partial charge is 0.392 e. The lowest BCUT2D eigenvalue weighted by atomic mass is 9.92. The van der Waals surface area contributed by atoms with E-state index in [-0.39, 0.29) is 11.8 Å². The molecule has 1 aliphatic rings. The molecular formula is C15H22BrNO3S. The van der Waals surface area contributed by atoms with E-state index in [4.69, 9.17) is 0 Å². The quantitative estimate of drug-likeness (QED) is 0.879. The van der Waals surface area contributed by atoms with E-state index < -0.39 is 16.1 Å². The fraction of sp³-hybridized carbons (Fsp3) is 0.600. The zero-order valence-electron chi connectivity index (χ0n) is 12.4. The fourth-order valence-electron chi connectivity index (χ4n) is 2.86. The molecule has 1 aromatic rings. The van der Waals surface area contributed by atoms with Crippen molar-refractivity contribution in [3.63, 3.8) is 0 Å². The van der Waals surface area contributed by atoms with Crippen LogP contribution in [0.1, 0.15) is 32.3 Å². The van der Waals surface area contributed by atoms with Crippen molar-refractivity contribution in [2.45, 2.75) is 44.6 Å². The van der Waals surface area contributed by atoms with E-state index in [1.54, 1.807) is 6.92 Å². The SMILES string of the molecule is CC1CCN(S(=O)(=O)Cc2cccc(Br)c2)C(C(C)O)C1. The van der Waals surface area contributed by atoms with Gasteiger partial charge >= 0.3 is 0 Å². The predicted octanol–water partition coefficient (Wildman–Crippen LogP) is 2.76. The molecule has 0 radical (unpaired) electrons. The summed E-state index contributed by atoms with van der Waals surface area (Å²) < 4.78 is 27.7. The van der Waals surface area contributed by atoms with E-state index >= 15 is 0 Å². The van der Waals surface area contributed by atoms with Crippen LogP contribution in [0.2, 0.25) is 0 Å². The summed E-state index contributed by atoms with van der Waals surface area (Å²) in [5.74, 6) is 0.422. The number of nitrogens with zero attached hydrogens (tertiary/aromatic N) is 1. The van der Waals surface area contributed by atoms with E-state index in [9.17, 15) is 13.5 Å². The summed E-state index contributed by atoms with van der Waals surface area (Å²) in [7, 11) is -3.42. The Balaban J connectivity index is 2.21. The first-order valence-corrected chi connectivity index (χ1v) is 9.62. The first-order chi connectivity index (χ1) is 9.79. The molecule has 118 valence electrons. The fourth-order valence-corrected chi connectivity index (χ4v) is 5.14. The highest BCUT2D eigenvalue weighted by Gasteiger charge is 2.37. The predicted molar refractivity (Wildman–Crippen MR) is 87.3 cm³/mol. The van der Waals surface area contributed by atoms with Crippen LogP contribution in [0.3, 0.4) is 0 Å². The van der Waals surface area contributed by atoms with E-state index in [1.165, 1.54) is 4.31 Å². The van der Waals surface area contributed by atoms with Gasteiger partial charge in [0.05, 0.1) is 17.9 Å². The van der Waals surface area contributed by atoms with Crippen LogP contribution < -0.4 is 0 Å². The molecule has 4 nitrogen and oxygen atoms in total. The molecule has 1 saturated heterocycles. The highest BCUT2D eigenvalue weighted by Crippen LogP contribution is 2.28. The van der Waals surface area contributed by atoms with Crippen molar-refractivity contribution in [2.24, 2.45) is 5.92 Å². The van der Waals surface area contributed by atoms with E-state index in [0.29, 0.717) is 12.5 Å². The second-order valence-corrected chi connectivity index (χ2v) is 8.77. The van der Waals surface area contributed by atoms with E-state index in [1.807, 2.05) is 24.3 Å². The molecule has 0 aliphatic carbocycles. The van der Waals surface area contributed by atoms with Gasteiger partial charge in [0.15, 0.2) is 0 Å². The number of aliphatic hydroxyl groups is 1. The summed E-state index contributed by atoms with van der Waals surface area (Å²) in [5, 5.41) is 9.93. The van der Waals surface area contributed by atoms with E-state index in [0.717, 1.165) is 22.9 Å². The number of aliphatic hydroxyl groups excluding tert-OH is 1. The number of piperidine rings is 1. The Hall–Kier alpha value is -0.430. The topological polar surface area (TPSA) is 57.6 Å². The van der Waals surface area contributed by atoms with Crippen molar-refractivity contribution < 1.29 is 13.5 Å². The Morgan fingerprint density at radius 3 is 2.81 bits per heavy atom. The normalized spacial score (nSPS) is 25.7. The molecule has 1 heterocycles. The van der Waals surface area contributed by atoms with Gasteiger partial charge in [0.1, 0.15) is 0 Å². The van der Waals surface area contributed by atoms with Gasteiger partial charge in [0, 0.05) is 11.0 Å². The van der Waals surface area contributed by atoms with Crippen molar-refractivity contribution in [2.75, 3.05) is 6.54 Å². The molecule has 2 rings (SSSR count). The van der Waals surface area contributed by atoms with Gasteiger partial charge in [-0.2, -0.15) is 4.31 Å². The van der Waals surface area contributed by atoms with Gasteiger partial charge < -0.3 is 5.11 Å². The number of rotatable bonds is 4. The van der Waals surface area contributed by atoms with Crippen LogP contribution in [-0.2, 0) is 15.8 Å². The average Bonchev–Trinajstić information content (AvgIpc) is 2.37. The van der Waals surface area contributed by atoms with Gasteiger partial charge in [0.25, 0.3) is 0 Å². The maximum atomic E-state index is 12.7. The summed E-state index contributed by atoms with van der Waals surface area (Å²) >= 11 is 3.36. The molecule has 3 unspecified atom stereocenters. The zero-order chi connectivity index (χ0) is 15.6. The van der Waals surface area contributed by atoms with Gasteiger partial charge in [-0.25, -0.2) is 8.42 Å². The summed E-state index contributed by atoms with van der Waals surface area (Å²) in [6, 6.07) is 7.02. The third-order valence-electron chi connectivity index (χ3n) is 4.01. The monoisotopic (exact) mass is 375 g/mol. The second-order valence-electron chi connectivity index (χ2n) is 5.93. The van der Waals surface area contributed by atoms with Gasteiger partial charge in [0.2, 0.25) is 10.0 Å². The third kappa shape index (κ3) is 4.28. The molecule has 1 aliphatic heterocycles. The molecule has 0 aromatic heterocycles. The van der Waals surface area contributed by atoms with Crippen LogP contribution in [0, 0.1) is 5.92 Å². The van der Waals surface area contributed by atoms with Crippen molar-refractivity contribution in [1.29, 1.82) is 0 Å². The van der Waals surface area contributed by atoms with Crippen LogP contribution in [0.4, 0.5) is 0 Å². The number of halogens is 1. The number of sulfonamides is 1. The molecule has 0 bridgehead atoms. The molecule has 21 heavy (non-hydrogen) atoms. The highest BCUT2D eigenvalue weighted by molar-refractivity contribution is 9.10. The first kappa shape index (κ1) is 16.9. The number of benzene rings is 1. The average molecular weight is 376 g/mol. The highest BCUT2D eigenvalue weighted by atomic mass is 79.9. The molecule has 1 N–H and O–H groups in total. The molecule has 3 atom stereocenters. The van der Waals surface area contributed by atoms with Crippen LogP contribution in [0.5, 0.6) is 0 Å². The Morgan fingerprint density at radius 2 is 2.19 bits per heavy atom. The van der Waals surface area contributed by atoms with Crippen LogP contribution >= 0.6 is 15.9 Å². The van der Waals surface area contributed by atoms with Gasteiger partial charge in [-0.05, 0) is 43.4 Å². The lowest BCUT2D eigenvalue weighted by Gasteiger charge is -2.39. The second kappa shape index (κ2) is 6.77.